The molecular formula is C23H30N4O2. The van der Waals surface area contributed by atoms with Gasteiger partial charge in [0.15, 0.2) is 5.65 Å². The van der Waals surface area contributed by atoms with Gasteiger partial charge in [-0.3, -0.25) is 0 Å². The molecule has 0 amide bonds. The van der Waals surface area contributed by atoms with Gasteiger partial charge in [-0.05, 0) is 62.8 Å². The SMILES string of the molecule is CC[C@H](COC)Nc1c2c(nc3c(-c4ccc(OC)cc4C)c(C)nn13)CCC2. The van der Waals surface area contributed by atoms with Crippen LogP contribution in [0.25, 0.3) is 16.8 Å². The maximum atomic E-state index is 5.41. The Bertz CT molecular complexity index is 1040. The highest BCUT2D eigenvalue weighted by molar-refractivity contribution is 5.83. The number of aryl methyl sites for hydroxylation is 3. The third kappa shape index (κ3) is 3.46. The van der Waals surface area contributed by atoms with Gasteiger partial charge in [-0.1, -0.05) is 13.0 Å². The minimum Gasteiger partial charge on any atom is -0.497 e. The molecule has 1 aromatic carbocycles. The molecule has 0 fully saturated rings. The molecule has 0 unspecified atom stereocenters. The molecule has 1 aliphatic rings. The normalized spacial score (nSPS) is 14.2. The molecule has 0 saturated carbocycles. The average Bonchev–Trinajstić information content (AvgIpc) is 3.31. The summed E-state index contributed by atoms with van der Waals surface area (Å²) in [7, 11) is 3.45. The molecule has 4 rings (SSSR count). The van der Waals surface area contributed by atoms with Crippen molar-refractivity contribution < 1.29 is 9.47 Å². The van der Waals surface area contributed by atoms with Gasteiger partial charge in [0.1, 0.15) is 11.6 Å². The van der Waals surface area contributed by atoms with E-state index < -0.39 is 0 Å². The zero-order chi connectivity index (χ0) is 20.5. The monoisotopic (exact) mass is 394 g/mol. The first-order valence-electron chi connectivity index (χ1n) is 10.4. The molecule has 6 heteroatoms. The van der Waals surface area contributed by atoms with Crippen LogP contribution >= 0.6 is 0 Å². The van der Waals surface area contributed by atoms with Crippen molar-refractivity contribution in [2.24, 2.45) is 0 Å². The molecule has 0 aliphatic heterocycles. The van der Waals surface area contributed by atoms with Gasteiger partial charge in [0, 0.05) is 23.9 Å². The maximum absolute atomic E-state index is 5.41. The number of anilines is 1. The summed E-state index contributed by atoms with van der Waals surface area (Å²) in [6.07, 6.45) is 4.19. The predicted octanol–water partition coefficient (Wildman–Crippen LogP) is 4.35. The molecule has 3 aromatic rings. The van der Waals surface area contributed by atoms with Crippen molar-refractivity contribution in [2.45, 2.75) is 52.5 Å². The van der Waals surface area contributed by atoms with Crippen LogP contribution < -0.4 is 10.1 Å². The smallest absolute Gasteiger partial charge is 0.165 e. The van der Waals surface area contributed by atoms with Gasteiger partial charge >= 0.3 is 0 Å². The topological polar surface area (TPSA) is 60.7 Å². The van der Waals surface area contributed by atoms with Crippen LogP contribution in [0.5, 0.6) is 5.75 Å². The number of methoxy groups -OCH3 is 2. The summed E-state index contributed by atoms with van der Waals surface area (Å²) >= 11 is 0. The summed E-state index contributed by atoms with van der Waals surface area (Å²) in [5, 5.41) is 8.63. The van der Waals surface area contributed by atoms with Crippen molar-refractivity contribution in [1.29, 1.82) is 0 Å². The van der Waals surface area contributed by atoms with Crippen LogP contribution in [0, 0.1) is 13.8 Å². The first-order chi connectivity index (χ1) is 14.1. The van der Waals surface area contributed by atoms with Crippen molar-refractivity contribution in [3.63, 3.8) is 0 Å². The van der Waals surface area contributed by atoms with Gasteiger partial charge in [-0.2, -0.15) is 9.61 Å². The Balaban J connectivity index is 1.91. The third-order valence-electron chi connectivity index (χ3n) is 5.87. The zero-order valence-electron chi connectivity index (χ0n) is 18.0. The average molecular weight is 395 g/mol. The molecule has 0 radical (unpaired) electrons. The van der Waals surface area contributed by atoms with Crippen LogP contribution in [-0.2, 0) is 17.6 Å². The van der Waals surface area contributed by atoms with Gasteiger partial charge in [0.2, 0.25) is 0 Å². The summed E-state index contributed by atoms with van der Waals surface area (Å²) in [5.74, 6) is 1.94. The maximum Gasteiger partial charge on any atom is 0.165 e. The Morgan fingerprint density at radius 1 is 1.21 bits per heavy atom. The van der Waals surface area contributed by atoms with E-state index in [0.717, 1.165) is 65.3 Å². The Labute approximate surface area is 172 Å². The van der Waals surface area contributed by atoms with Crippen LogP contribution in [-0.4, -0.2) is 41.5 Å². The van der Waals surface area contributed by atoms with E-state index in [2.05, 4.69) is 38.2 Å². The molecule has 1 atom stereocenters. The number of rotatable bonds is 7. The molecular weight excluding hydrogens is 364 g/mol. The molecule has 1 N–H and O–H groups in total. The van der Waals surface area contributed by atoms with Crippen molar-refractivity contribution >= 4 is 11.5 Å². The van der Waals surface area contributed by atoms with Gasteiger partial charge in [0.25, 0.3) is 0 Å². The number of nitrogens with one attached hydrogen (secondary N) is 1. The number of ether oxygens (including phenoxy) is 2. The number of hydrogen-bond donors (Lipinski definition) is 1. The van der Waals surface area contributed by atoms with E-state index in [0.29, 0.717) is 6.61 Å². The number of aromatic nitrogens is 3. The zero-order valence-corrected chi connectivity index (χ0v) is 18.0. The van der Waals surface area contributed by atoms with E-state index in [1.807, 2.05) is 10.6 Å². The lowest BCUT2D eigenvalue weighted by molar-refractivity contribution is 0.184. The molecule has 1 aliphatic carbocycles. The largest absolute Gasteiger partial charge is 0.497 e. The Morgan fingerprint density at radius 3 is 2.72 bits per heavy atom. The Morgan fingerprint density at radius 2 is 2.03 bits per heavy atom. The number of nitrogens with zero attached hydrogens (tertiary/aromatic N) is 3. The Hall–Kier alpha value is -2.60. The van der Waals surface area contributed by atoms with Crippen LogP contribution in [0.1, 0.15) is 42.3 Å². The second-order valence-electron chi connectivity index (χ2n) is 7.82. The van der Waals surface area contributed by atoms with Crippen LogP contribution in [0.15, 0.2) is 18.2 Å². The van der Waals surface area contributed by atoms with Crippen LogP contribution in [0.4, 0.5) is 5.82 Å². The van der Waals surface area contributed by atoms with Crippen molar-refractivity contribution in [3.8, 4) is 16.9 Å². The van der Waals surface area contributed by atoms with Gasteiger partial charge in [-0.15, -0.1) is 0 Å². The minimum absolute atomic E-state index is 0.242. The molecule has 0 saturated heterocycles. The van der Waals surface area contributed by atoms with E-state index in [1.54, 1.807) is 14.2 Å². The number of benzene rings is 1. The minimum atomic E-state index is 0.242. The fourth-order valence-corrected chi connectivity index (χ4v) is 4.30. The van der Waals surface area contributed by atoms with Crippen LogP contribution in [0.2, 0.25) is 0 Å². The lowest BCUT2D eigenvalue weighted by Gasteiger charge is -2.20. The second kappa shape index (κ2) is 8.03. The molecule has 29 heavy (non-hydrogen) atoms. The summed E-state index contributed by atoms with van der Waals surface area (Å²) in [5.41, 5.74) is 7.81. The van der Waals surface area contributed by atoms with Crippen molar-refractivity contribution in [2.75, 3.05) is 26.1 Å². The van der Waals surface area contributed by atoms with E-state index in [9.17, 15) is 0 Å². The Kier molecular flexibility index (Phi) is 5.46. The molecule has 0 spiro atoms. The molecule has 6 nitrogen and oxygen atoms in total. The second-order valence-corrected chi connectivity index (χ2v) is 7.82. The number of fused-ring (bicyclic) bond motifs is 2. The molecule has 2 heterocycles. The summed E-state index contributed by atoms with van der Waals surface area (Å²) < 4.78 is 12.8. The molecule has 0 bridgehead atoms. The van der Waals surface area contributed by atoms with E-state index in [-0.39, 0.29) is 6.04 Å². The standard InChI is InChI=1S/C23H30N4O2/c1-6-16(13-28-4)24-22-19-8-7-9-20(19)25-23-21(15(3)26-27(22)23)18-11-10-17(29-5)12-14(18)2/h10-12,16,24H,6-9,13H2,1-5H3/t16-/m1/s1. The highest BCUT2D eigenvalue weighted by Gasteiger charge is 2.25. The fourth-order valence-electron chi connectivity index (χ4n) is 4.30. The molecule has 154 valence electrons. The quantitative estimate of drug-likeness (QED) is 0.646. The summed E-state index contributed by atoms with van der Waals surface area (Å²) in [6.45, 7) is 7.02. The summed E-state index contributed by atoms with van der Waals surface area (Å²) in [6, 6.07) is 6.42. The predicted molar refractivity (Wildman–Crippen MR) is 116 cm³/mol. The highest BCUT2D eigenvalue weighted by Crippen LogP contribution is 2.36. The lowest BCUT2D eigenvalue weighted by Crippen LogP contribution is -2.26. The van der Waals surface area contributed by atoms with Gasteiger partial charge in [-0.25, -0.2) is 4.98 Å². The first-order valence-corrected chi connectivity index (χ1v) is 10.4. The fraction of sp³-hybridized carbons (Fsp3) is 0.478. The van der Waals surface area contributed by atoms with E-state index >= 15 is 0 Å². The summed E-state index contributed by atoms with van der Waals surface area (Å²) in [4.78, 5) is 5.07. The lowest BCUT2D eigenvalue weighted by atomic mass is 10.0. The van der Waals surface area contributed by atoms with Gasteiger partial charge in [0.05, 0.1) is 25.5 Å². The highest BCUT2D eigenvalue weighted by atomic mass is 16.5. The van der Waals surface area contributed by atoms with Crippen molar-refractivity contribution in [3.05, 3.63) is 40.7 Å². The van der Waals surface area contributed by atoms with Crippen molar-refractivity contribution in [1.82, 2.24) is 14.6 Å². The number of hydrogen-bond acceptors (Lipinski definition) is 5. The van der Waals surface area contributed by atoms with E-state index in [4.69, 9.17) is 19.6 Å². The molecule has 2 aromatic heterocycles. The third-order valence-corrected chi connectivity index (χ3v) is 5.87. The first kappa shape index (κ1) is 19.7. The van der Waals surface area contributed by atoms with Crippen LogP contribution in [0.3, 0.4) is 0 Å². The van der Waals surface area contributed by atoms with E-state index in [1.165, 1.54) is 11.3 Å². The van der Waals surface area contributed by atoms with Gasteiger partial charge < -0.3 is 14.8 Å².